The maximum atomic E-state index is 10.5. The van der Waals surface area contributed by atoms with Gasteiger partial charge in [0.1, 0.15) is 6.29 Å². The molecule has 0 spiro atoms. The summed E-state index contributed by atoms with van der Waals surface area (Å²) in [5.41, 5.74) is 0.856. The Morgan fingerprint density at radius 1 is 1.58 bits per heavy atom. The molecule has 0 aromatic carbocycles. The topological polar surface area (TPSA) is 26.3 Å². The van der Waals surface area contributed by atoms with E-state index in [9.17, 15) is 4.79 Å². The van der Waals surface area contributed by atoms with Crippen molar-refractivity contribution in [3.05, 3.63) is 11.6 Å². The van der Waals surface area contributed by atoms with Crippen LogP contribution in [-0.4, -0.2) is 18.5 Å². The predicted molar refractivity (Wildman–Crippen MR) is 48.0 cm³/mol. The fraction of sp³-hybridized carbons (Fsp3) is 0.700. The van der Waals surface area contributed by atoms with Crippen LogP contribution >= 0.6 is 0 Å². The minimum atomic E-state index is 0.181. The summed E-state index contributed by atoms with van der Waals surface area (Å²) in [7, 11) is 0. The zero-order chi connectivity index (χ0) is 8.97. The van der Waals surface area contributed by atoms with Crippen molar-refractivity contribution < 1.29 is 9.53 Å². The summed E-state index contributed by atoms with van der Waals surface area (Å²) in [6.07, 6.45) is 6.38. The lowest BCUT2D eigenvalue weighted by Gasteiger charge is -2.06. The Bertz CT molecular complexity index is 184. The van der Waals surface area contributed by atoms with E-state index in [4.69, 9.17) is 4.74 Å². The molecule has 1 saturated heterocycles. The molecule has 0 aliphatic carbocycles. The van der Waals surface area contributed by atoms with Gasteiger partial charge in [-0.1, -0.05) is 6.92 Å². The molecular formula is C10H16O2. The maximum Gasteiger partial charge on any atom is 0.145 e. The number of hydrogen-bond acceptors (Lipinski definition) is 2. The van der Waals surface area contributed by atoms with Crippen LogP contribution in [0.5, 0.6) is 0 Å². The molecule has 2 unspecified atom stereocenters. The minimum absolute atomic E-state index is 0.181. The summed E-state index contributed by atoms with van der Waals surface area (Å²) in [5.74, 6) is 0. The number of ether oxygens (including phenoxy) is 1. The van der Waals surface area contributed by atoms with Gasteiger partial charge in [0.05, 0.1) is 12.2 Å². The van der Waals surface area contributed by atoms with Crippen molar-refractivity contribution >= 4 is 6.29 Å². The molecule has 2 nitrogen and oxygen atoms in total. The van der Waals surface area contributed by atoms with Gasteiger partial charge in [-0.15, -0.1) is 0 Å². The molecule has 2 atom stereocenters. The van der Waals surface area contributed by atoms with Crippen LogP contribution in [0.1, 0.15) is 33.1 Å². The van der Waals surface area contributed by atoms with E-state index in [1.807, 2.05) is 13.0 Å². The second kappa shape index (κ2) is 4.41. The molecule has 12 heavy (non-hydrogen) atoms. The highest BCUT2D eigenvalue weighted by Crippen LogP contribution is 2.21. The summed E-state index contributed by atoms with van der Waals surface area (Å²) >= 11 is 0. The van der Waals surface area contributed by atoms with Gasteiger partial charge in [0.25, 0.3) is 0 Å². The van der Waals surface area contributed by atoms with Gasteiger partial charge in [0.15, 0.2) is 0 Å². The molecule has 1 fully saturated rings. The number of carbonyl (C=O) groups is 1. The predicted octanol–water partition coefficient (Wildman–Crippen LogP) is 2.09. The average Bonchev–Trinajstić information content (AvgIpc) is 2.47. The van der Waals surface area contributed by atoms with Gasteiger partial charge in [-0.3, -0.25) is 4.79 Å². The van der Waals surface area contributed by atoms with E-state index in [1.54, 1.807) is 0 Å². The molecule has 0 saturated carbocycles. The standard InChI is InChI=1S/C10H16O2/c1-3-9(7-11)6-10-5-4-8(2)12-10/h6-8,10H,3-5H2,1-2H3. The van der Waals surface area contributed by atoms with Crippen molar-refractivity contribution in [2.45, 2.75) is 45.3 Å². The monoisotopic (exact) mass is 168 g/mol. The third-order valence-corrected chi connectivity index (χ3v) is 2.22. The summed E-state index contributed by atoms with van der Waals surface area (Å²) in [4.78, 5) is 10.5. The van der Waals surface area contributed by atoms with Crippen molar-refractivity contribution in [2.75, 3.05) is 0 Å². The van der Waals surface area contributed by atoms with Gasteiger partial charge in [-0.25, -0.2) is 0 Å². The highest BCUT2D eigenvalue weighted by atomic mass is 16.5. The maximum absolute atomic E-state index is 10.5. The van der Waals surface area contributed by atoms with Crippen molar-refractivity contribution in [3.63, 3.8) is 0 Å². The molecule has 0 bridgehead atoms. The van der Waals surface area contributed by atoms with E-state index in [-0.39, 0.29) is 6.10 Å². The Balaban J connectivity index is 2.48. The molecule has 1 aliphatic heterocycles. The number of carbonyl (C=O) groups excluding carboxylic acids is 1. The molecule has 1 heterocycles. The SMILES string of the molecule is CCC(C=O)=CC1CCC(C)O1. The lowest BCUT2D eigenvalue weighted by atomic mass is 10.1. The van der Waals surface area contributed by atoms with Gasteiger partial charge >= 0.3 is 0 Å². The number of hydrogen-bond donors (Lipinski definition) is 0. The van der Waals surface area contributed by atoms with Gasteiger partial charge in [-0.05, 0) is 37.8 Å². The molecule has 0 N–H and O–H groups in total. The normalized spacial score (nSPS) is 30.7. The van der Waals surface area contributed by atoms with Crippen LogP contribution in [-0.2, 0) is 9.53 Å². The quantitative estimate of drug-likeness (QED) is 0.476. The van der Waals surface area contributed by atoms with Crippen LogP contribution < -0.4 is 0 Å². The Morgan fingerprint density at radius 3 is 2.75 bits per heavy atom. The third kappa shape index (κ3) is 2.45. The first kappa shape index (κ1) is 9.46. The van der Waals surface area contributed by atoms with Crippen LogP contribution in [0.15, 0.2) is 11.6 Å². The summed E-state index contributed by atoms with van der Waals surface area (Å²) in [5, 5.41) is 0. The number of rotatable bonds is 3. The Labute approximate surface area is 73.6 Å². The first-order valence-electron chi connectivity index (χ1n) is 4.57. The molecule has 1 rings (SSSR count). The van der Waals surface area contributed by atoms with Crippen LogP contribution in [0.4, 0.5) is 0 Å². The zero-order valence-electron chi connectivity index (χ0n) is 7.75. The van der Waals surface area contributed by atoms with Crippen LogP contribution in [0.3, 0.4) is 0 Å². The lowest BCUT2D eigenvalue weighted by Crippen LogP contribution is -2.05. The van der Waals surface area contributed by atoms with Crippen LogP contribution in [0.25, 0.3) is 0 Å². The molecule has 1 aliphatic rings. The smallest absolute Gasteiger partial charge is 0.145 e. The van der Waals surface area contributed by atoms with Crippen molar-refractivity contribution in [3.8, 4) is 0 Å². The van der Waals surface area contributed by atoms with Crippen LogP contribution in [0, 0.1) is 0 Å². The van der Waals surface area contributed by atoms with Crippen molar-refractivity contribution in [2.24, 2.45) is 0 Å². The highest BCUT2D eigenvalue weighted by Gasteiger charge is 2.19. The second-order valence-electron chi connectivity index (χ2n) is 3.28. The van der Waals surface area contributed by atoms with Crippen molar-refractivity contribution in [1.82, 2.24) is 0 Å². The van der Waals surface area contributed by atoms with Gasteiger partial charge in [0.2, 0.25) is 0 Å². The molecule has 68 valence electrons. The van der Waals surface area contributed by atoms with Gasteiger partial charge in [-0.2, -0.15) is 0 Å². The molecule has 0 aromatic heterocycles. The fourth-order valence-electron chi connectivity index (χ4n) is 1.44. The Kier molecular flexibility index (Phi) is 3.48. The summed E-state index contributed by atoms with van der Waals surface area (Å²) < 4.78 is 5.56. The third-order valence-electron chi connectivity index (χ3n) is 2.22. The summed E-state index contributed by atoms with van der Waals surface area (Å²) in [6.45, 7) is 4.05. The molecular weight excluding hydrogens is 152 g/mol. The molecule has 0 aromatic rings. The van der Waals surface area contributed by atoms with Crippen molar-refractivity contribution in [1.29, 1.82) is 0 Å². The van der Waals surface area contributed by atoms with E-state index < -0.39 is 0 Å². The summed E-state index contributed by atoms with van der Waals surface area (Å²) in [6, 6.07) is 0. The fourth-order valence-corrected chi connectivity index (χ4v) is 1.44. The average molecular weight is 168 g/mol. The molecule has 2 heteroatoms. The zero-order valence-corrected chi connectivity index (χ0v) is 7.75. The Morgan fingerprint density at radius 2 is 2.33 bits per heavy atom. The van der Waals surface area contributed by atoms with E-state index in [0.717, 1.165) is 31.1 Å². The van der Waals surface area contributed by atoms with E-state index in [0.29, 0.717) is 6.10 Å². The van der Waals surface area contributed by atoms with Gasteiger partial charge < -0.3 is 4.74 Å². The van der Waals surface area contributed by atoms with E-state index >= 15 is 0 Å². The Hall–Kier alpha value is -0.630. The second-order valence-corrected chi connectivity index (χ2v) is 3.28. The lowest BCUT2D eigenvalue weighted by molar-refractivity contribution is -0.105. The highest BCUT2D eigenvalue weighted by molar-refractivity contribution is 5.73. The first-order valence-corrected chi connectivity index (χ1v) is 4.57. The van der Waals surface area contributed by atoms with E-state index in [1.165, 1.54) is 0 Å². The molecule has 0 amide bonds. The molecule has 0 radical (unpaired) electrons. The largest absolute Gasteiger partial charge is 0.371 e. The first-order chi connectivity index (χ1) is 5.76. The van der Waals surface area contributed by atoms with Gasteiger partial charge in [0, 0.05) is 0 Å². The number of aldehydes is 1. The van der Waals surface area contributed by atoms with E-state index in [2.05, 4.69) is 6.92 Å². The number of allylic oxidation sites excluding steroid dienone is 1. The van der Waals surface area contributed by atoms with Crippen LogP contribution in [0.2, 0.25) is 0 Å². The minimum Gasteiger partial charge on any atom is -0.371 e.